The van der Waals surface area contributed by atoms with Gasteiger partial charge < -0.3 is 14.6 Å². The van der Waals surface area contributed by atoms with Crippen molar-refractivity contribution in [2.45, 2.75) is 12.8 Å². The zero-order valence-corrected chi connectivity index (χ0v) is 10.5. The number of carbonyl (C=O) groups is 1. The first-order valence-electron chi connectivity index (χ1n) is 5.68. The second-order valence-electron chi connectivity index (χ2n) is 4.14. The van der Waals surface area contributed by atoms with Gasteiger partial charge in [-0.3, -0.25) is 9.69 Å². The van der Waals surface area contributed by atoms with Crippen molar-refractivity contribution in [1.29, 1.82) is 0 Å². The highest BCUT2D eigenvalue weighted by molar-refractivity contribution is 5.98. The zero-order valence-electron chi connectivity index (χ0n) is 10.5. The van der Waals surface area contributed by atoms with E-state index in [-0.39, 0.29) is 22.7 Å². The van der Waals surface area contributed by atoms with Gasteiger partial charge in [0.25, 0.3) is 5.91 Å². The third kappa shape index (κ3) is 2.64. The smallest absolute Gasteiger partial charge is 0.406 e. The molecule has 0 saturated heterocycles. The number of carbonyl (C=O) groups excluding carboxylic acids is 1. The van der Waals surface area contributed by atoms with E-state index in [0.717, 1.165) is 0 Å². The van der Waals surface area contributed by atoms with Crippen molar-refractivity contribution in [3.05, 3.63) is 17.7 Å². The highest BCUT2D eigenvalue weighted by Crippen LogP contribution is 2.41. The number of ether oxygens (including phenoxy) is 2. The van der Waals surface area contributed by atoms with E-state index >= 15 is 0 Å². The summed E-state index contributed by atoms with van der Waals surface area (Å²) in [5.74, 6) is -0.466. The van der Waals surface area contributed by atoms with Gasteiger partial charge in [-0.15, -0.1) is 0 Å². The number of alkyl halides is 3. The van der Waals surface area contributed by atoms with Gasteiger partial charge in [-0.25, -0.2) is 0 Å². The fourth-order valence-corrected chi connectivity index (χ4v) is 2.01. The number of nitrogens with zero attached hydrogens (tertiary/aromatic N) is 1. The molecule has 1 aromatic rings. The first kappa shape index (κ1) is 14.4. The number of aliphatic hydroxyl groups is 1. The van der Waals surface area contributed by atoms with Crippen LogP contribution in [0.4, 0.5) is 18.9 Å². The van der Waals surface area contributed by atoms with Crippen LogP contribution in [0.3, 0.4) is 0 Å². The first-order chi connectivity index (χ1) is 9.37. The van der Waals surface area contributed by atoms with Gasteiger partial charge in [0, 0.05) is 0 Å². The van der Waals surface area contributed by atoms with Crippen LogP contribution in [-0.2, 0) is 11.4 Å². The van der Waals surface area contributed by atoms with Crippen LogP contribution in [0.2, 0.25) is 0 Å². The van der Waals surface area contributed by atoms with Crippen LogP contribution < -0.4 is 14.4 Å². The summed E-state index contributed by atoms with van der Waals surface area (Å²) in [6.45, 7) is -2.39. The molecule has 0 bridgehead atoms. The van der Waals surface area contributed by atoms with E-state index in [9.17, 15) is 23.1 Å². The maximum Gasteiger partial charge on any atom is 0.406 e. The van der Waals surface area contributed by atoms with Crippen molar-refractivity contribution < 1.29 is 32.5 Å². The lowest BCUT2D eigenvalue weighted by Crippen LogP contribution is -2.44. The normalized spacial score (nSPS) is 14.8. The van der Waals surface area contributed by atoms with E-state index in [1.54, 1.807) is 0 Å². The van der Waals surface area contributed by atoms with Crippen molar-refractivity contribution in [3.8, 4) is 11.5 Å². The molecule has 1 N–H and O–H groups in total. The number of amides is 1. The molecular weight excluding hydrogens is 279 g/mol. The largest absolute Gasteiger partial charge is 0.496 e. The van der Waals surface area contributed by atoms with Gasteiger partial charge in [-0.05, 0) is 12.1 Å². The molecule has 0 fully saturated rings. The number of rotatable bonds is 3. The predicted octanol–water partition coefficient (Wildman–Crippen LogP) is 1.48. The summed E-state index contributed by atoms with van der Waals surface area (Å²) in [6, 6.07) is 2.69. The van der Waals surface area contributed by atoms with Crippen LogP contribution in [0.25, 0.3) is 0 Å². The van der Waals surface area contributed by atoms with Crippen LogP contribution in [0.15, 0.2) is 12.1 Å². The van der Waals surface area contributed by atoms with Crippen LogP contribution >= 0.6 is 0 Å². The molecule has 5 nitrogen and oxygen atoms in total. The summed E-state index contributed by atoms with van der Waals surface area (Å²) < 4.78 is 47.7. The topological polar surface area (TPSA) is 59.0 Å². The molecule has 0 saturated carbocycles. The van der Waals surface area contributed by atoms with Crippen LogP contribution in [-0.4, -0.2) is 37.5 Å². The monoisotopic (exact) mass is 291 g/mol. The van der Waals surface area contributed by atoms with Crippen molar-refractivity contribution >= 4 is 11.6 Å². The number of fused-ring (bicyclic) bond motifs is 1. The Morgan fingerprint density at radius 1 is 1.45 bits per heavy atom. The predicted molar refractivity (Wildman–Crippen MR) is 62.8 cm³/mol. The minimum atomic E-state index is -4.52. The van der Waals surface area contributed by atoms with E-state index in [0.29, 0.717) is 4.90 Å². The molecule has 0 atom stereocenters. The molecule has 1 aliphatic heterocycles. The number of methoxy groups -OCH3 is 1. The molecule has 0 radical (unpaired) electrons. The van der Waals surface area contributed by atoms with Crippen molar-refractivity contribution in [1.82, 2.24) is 0 Å². The van der Waals surface area contributed by atoms with Gasteiger partial charge in [-0.1, -0.05) is 0 Å². The summed E-state index contributed by atoms with van der Waals surface area (Å²) in [5, 5.41) is 9.30. The number of halogens is 3. The van der Waals surface area contributed by atoms with Gasteiger partial charge in [0.2, 0.25) is 0 Å². The lowest BCUT2D eigenvalue weighted by molar-refractivity contribution is -0.134. The third-order valence-corrected chi connectivity index (χ3v) is 2.84. The minimum absolute atomic E-state index is 0.0246. The maximum absolute atomic E-state index is 12.5. The number of anilines is 1. The van der Waals surface area contributed by atoms with E-state index < -0.39 is 31.8 Å². The Morgan fingerprint density at radius 3 is 2.70 bits per heavy atom. The van der Waals surface area contributed by atoms with Gasteiger partial charge in [0.05, 0.1) is 25.0 Å². The van der Waals surface area contributed by atoms with Crippen molar-refractivity contribution in [2.75, 3.05) is 25.2 Å². The maximum atomic E-state index is 12.5. The average Bonchev–Trinajstić information content (AvgIpc) is 2.39. The van der Waals surface area contributed by atoms with Crippen LogP contribution in [0, 0.1) is 0 Å². The first-order valence-corrected chi connectivity index (χ1v) is 5.68. The van der Waals surface area contributed by atoms with Gasteiger partial charge in [-0.2, -0.15) is 13.2 Å². The number of hydrogen-bond donors (Lipinski definition) is 1. The Hall–Kier alpha value is -1.96. The number of benzene rings is 1. The van der Waals surface area contributed by atoms with Gasteiger partial charge in [0.15, 0.2) is 12.4 Å². The van der Waals surface area contributed by atoms with E-state index in [2.05, 4.69) is 0 Å². The second kappa shape index (κ2) is 5.20. The van der Waals surface area contributed by atoms with Crippen molar-refractivity contribution in [2.24, 2.45) is 0 Å². The lowest BCUT2D eigenvalue weighted by Gasteiger charge is -2.31. The van der Waals surface area contributed by atoms with E-state index in [4.69, 9.17) is 9.47 Å². The van der Waals surface area contributed by atoms with Crippen LogP contribution in [0.1, 0.15) is 5.56 Å². The summed E-state index contributed by atoms with van der Waals surface area (Å²) in [7, 11) is 1.36. The molecule has 0 unspecified atom stereocenters. The Labute approximate surface area is 112 Å². The summed E-state index contributed by atoms with van der Waals surface area (Å²) in [6.07, 6.45) is -4.52. The molecule has 110 valence electrons. The second-order valence-corrected chi connectivity index (χ2v) is 4.14. The summed E-state index contributed by atoms with van der Waals surface area (Å²) >= 11 is 0. The average molecular weight is 291 g/mol. The number of aliphatic hydroxyl groups excluding tert-OH is 1. The summed E-state index contributed by atoms with van der Waals surface area (Å²) in [5.41, 5.74) is 0.188. The molecule has 0 aromatic heterocycles. The molecule has 1 amide bonds. The zero-order chi connectivity index (χ0) is 14.9. The Bertz CT molecular complexity index is 530. The Morgan fingerprint density at radius 2 is 2.15 bits per heavy atom. The lowest BCUT2D eigenvalue weighted by atomic mass is 10.1. The molecule has 1 aromatic carbocycles. The Kier molecular flexibility index (Phi) is 3.76. The Balaban J connectivity index is 2.49. The minimum Gasteiger partial charge on any atom is -0.496 e. The van der Waals surface area contributed by atoms with E-state index in [1.807, 2.05) is 0 Å². The van der Waals surface area contributed by atoms with Gasteiger partial charge in [0.1, 0.15) is 12.3 Å². The highest BCUT2D eigenvalue weighted by Gasteiger charge is 2.38. The number of hydrogen-bond acceptors (Lipinski definition) is 4. The molecular formula is C12H12F3NO4. The summed E-state index contributed by atoms with van der Waals surface area (Å²) in [4.78, 5) is 12.2. The van der Waals surface area contributed by atoms with Crippen LogP contribution in [0.5, 0.6) is 11.5 Å². The van der Waals surface area contributed by atoms with E-state index in [1.165, 1.54) is 19.2 Å². The molecule has 0 spiro atoms. The molecule has 1 aliphatic rings. The SMILES string of the molecule is COc1ccc2c(c1CO)OCC(=O)N2CC(F)(F)F. The molecule has 20 heavy (non-hydrogen) atoms. The highest BCUT2D eigenvalue weighted by atomic mass is 19.4. The molecule has 2 rings (SSSR count). The fourth-order valence-electron chi connectivity index (χ4n) is 2.01. The van der Waals surface area contributed by atoms with Gasteiger partial charge >= 0.3 is 6.18 Å². The molecule has 1 heterocycles. The molecule has 8 heteroatoms. The fraction of sp³-hybridized carbons (Fsp3) is 0.417. The third-order valence-electron chi connectivity index (χ3n) is 2.84. The quantitative estimate of drug-likeness (QED) is 0.916. The standard InChI is InChI=1S/C12H12F3NO4/c1-19-9-3-2-8-11(7(9)4-17)20-5-10(18)16(8)6-12(13,14)15/h2-3,17H,4-6H2,1H3. The molecule has 0 aliphatic carbocycles. The van der Waals surface area contributed by atoms with Crippen molar-refractivity contribution in [3.63, 3.8) is 0 Å².